The summed E-state index contributed by atoms with van der Waals surface area (Å²) < 4.78 is 316. The number of nitrogens with one attached hydrogen (secondary N) is 2. The highest BCUT2D eigenvalue weighted by Gasteiger charge is 2.90. The second kappa shape index (κ2) is 14.0. The van der Waals surface area contributed by atoms with Crippen molar-refractivity contribution in [1.82, 2.24) is 10.6 Å². The molecule has 0 radical (unpaired) electrons. The standard InChI is InChI=1S/C20H14F24N2O4/c21-7(22)11(25,26)15(33,34)19(41,42)17(37,38)13(29,30)9(49)45-4-2-1-3-5(6(47)48)46-10(50)14(31,32)18(39,40)20(43,44)16(35,36)12(27,28)8(23)24/h5,7-8H,1-4H2,(H,45,49)(H,46,50)(H,47,48). The average Bonchev–Trinajstić information content (AvgIpc) is 2.94. The highest BCUT2D eigenvalue weighted by Crippen LogP contribution is 2.59. The summed E-state index contributed by atoms with van der Waals surface area (Å²) in [5, 5.41) is 9.67. The lowest BCUT2D eigenvalue weighted by molar-refractivity contribution is -0.407. The Labute approximate surface area is 258 Å². The van der Waals surface area contributed by atoms with Crippen molar-refractivity contribution < 1.29 is 125 Å². The maximum atomic E-state index is 13.9. The number of hydrogen-bond acceptors (Lipinski definition) is 3. The number of unbranched alkanes of at least 4 members (excludes halogenated alkanes) is 1. The zero-order valence-electron chi connectivity index (χ0n) is 22.8. The Balaban J connectivity index is 5.79. The first-order valence-electron chi connectivity index (χ1n) is 11.9. The molecule has 296 valence electrons. The highest BCUT2D eigenvalue weighted by atomic mass is 19.4. The Morgan fingerprint density at radius 3 is 1.10 bits per heavy atom. The molecule has 6 nitrogen and oxygen atoms in total. The fraction of sp³-hybridized carbons (Fsp3) is 0.850. The third kappa shape index (κ3) is 7.24. The molecule has 0 aromatic heterocycles. The molecule has 0 aliphatic carbocycles. The molecule has 0 aliphatic heterocycles. The van der Waals surface area contributed by atoms with Crippen LogP contribution >= 0.6 is 0 Å². The van der Waals surface area contributed by atoms with Gasteiger partial charge in [-0.15, -0.1) is 0 Å². The van der Waals surface area contributed by atoms with Gasteiger partial charge in [0.15, 0.2) is 0 Å². The summed E-state index contributed by atoms with van der Waals surface area (Å²) in [7, 11) is 0. The topological polar surface area (TPSA) is 95.5 Å². The summed E-state index contributed by atoms with van der Waals surface area (Å²) in [6.45, 7) is -1.65. The van der Waals surface area contributed by atoms with Gasteiger partial charge in [0, 0.05) is 6.54 Å². The summed E-state index contributed by atoms with van der Waals surface area (Å²) >= 11 is 0. The average molecular weight is 802 g/mol. The largest absolute Gasteiger partial charge is 0.480 e. The molecule has 1 atom stereocenters. The zero-order valence-corrected chi connectivity index (χ0v) is 22.8. The van der Waals surface area contributed by atoms with Gasteiger partial charge in [-0.2, -0.15) is 87.8 Å². The van der Waals surface area contributed by atoms with E-state index in [9.17, 15) is 120 Å². The Kier molecular flexibility index (Phi) is 13.1. The molecule has 0 aromatic carbocycles. The van der Waals surface area contributed by atoms with Crippen LogP contribution in [0.25, 0.3) is 0 Å². The lowest BCUT2D eigenvalue weighted by atomic mass is 9.93. The molecule has 0 spiro atoms. The first-order valence-corrected chi connectivity index (χ1v) is 11.9. The van der Waals surface area contributed by atoms with E-state index in [1.807, 2.05) is 0 Å². The minimum Gasteiger partial charge on any atom is -0.480 e. The molecule has 0 fully saturated rings. The van der Waals surface area contributed by atoms with Gasteiger partial charge in [0.1, 0.15) is 6.04 Å². The number of hydrogen-bond donors (Lipinski definition) is 3. The van der Waals surface area contributed by atoms with Crippen LogP contribution in [0.15, 0.2) is 0 Å². The van der Waals surface area contributed by atoms with Crippen LogP contribution in [-0.4, -0.2) is 108 Å². The Morgan fingerprint density at radius 2 is 0.800 bits per heavy atom. The first-order chi connectivity index (χ1) is 21.7. The predicted molar refractivity (Wildman–Crippen MR) is 108 cm³/mol. The first kappa shape index (κ1) is 46.7. The summed E-state index contributed by atoms with van der Waals surface area (Å²) in [5.41, 5.74) is 0. The number of carboxylic acid groups (broad SMARTS) is 1. The van der Waals surface area contributed by atoms with Crippen LogP contribution < -0.4 is 10.6 Å². The molecular formula is C20H14F24N2O4. The minimum absolute atomic E-state index is 0.285. The van der Waals surface area contributed by atoms with E-state index in [0.29, 0.717) is 5.32 Å². The van der Waals surface area contributed by atoms with E-state index >= 15 is 0 Å². The van der Waals surface area contributed by atoms with Crippen molar-refractivity contribution in [3.05, 3.63) is 0 Å². The van der Waals surface area contributed by atoms with Crippen molar-refractivity contribution in [3.63, 3.8) is 0 Å². The maximum absolute atomic E-state index is 13.9. The molecule has 0 aliphatic rings. The normalized spacial score (nSPS) is 15.7. The van der Waals surface area contributed by atoms with Gasteiger partial charge >= 0.3 is 78.0 Å². The lowest BCUT2D eigenvalue weighted by Gasteiger charge is -2.38. The van der Waals surface area contributed by atoms with Crippen LogP contribution in [0.1, 0.15) is 19.3 Å². The molecule has 0 heterocycles. The van der Waals surface area contributed by atoms with Crippen LogP contribution in [0.5, 0.6) is 0 Å². The van der Waals surface area contributed by atoms with Gasteiger partial charge < -0.3 is 15.7 Å². The van der Waals surface area contributed by atoms with Gasteiger partial charge in [0.05, 0.1) is 0 Å². The number of aliphatic carboxylic acids is 1. The van der Waals surface area contributed by atoms with E-state index in [2.05, 4.69) is 0 Å². The predicted octanol–water partition coefficient (Wildman–Crippen LogP) is 6.73. The third-order valence-corrected chi connectivity index (χ3v) is 6.13. The molecule has 30 heteroatoms. The molecule has 0 aromatic rings. The Hall–Kier alpha value is -3.27. The van der Waals surface area contributed by atoms with E-state index in [-0.39, 0.29) is 5.32 Å². The zero-order chi connectivity index (χ0) is 40.7. The Morgan fingerprint density at radius 1 is 0.480 bits per heavy atom. The Bertz CT molecular complexity index is 1240. The molecule has 2 amide bonds. The minimum atomic E-state index is -8.21. The van der Waals surface area contributed by atoms with Gasteiger partial charge in [0.25, 0.3) is 11.8 Å². The molecule has 0 saturated heterocycles. The second-order valence-electron chi connectivity index (χ2n) is 9.56. The van der Waals surface area contributed by atoms with Crippen LogP contribution in [0.4, 0.5) is 105 Å². The fourth-order valence-corrected chi connectivity index (χ4v) is 3.06. The third-order valence-electron chi connectivity index (χ3n) is 6.13. The molecule has 50 heavy (non-hydrogen) atoms. The monoisotopic (exact) mass is 802 g/mol. The maximum Gasteiger partial charge on any atom is 0.392 e. The number of carboxylic acids is 1. The van der Waals surface area contributed by atoms with Crippen molar-refractivity contribution in [3.8, 4) is 0 Å². The molecule has 3 N–H and O–H groups in total. The number of halogens is 24. The van der Waals surface area contributed by atoms with Crippen LogP contribution in [0.3, 0.4) is 0 Å². The van der Waals surface area contributed by atoms with E-state index in [4.69, 9.17) is 5.11 Å². The van der Waals surface area contributed by atoms with Gasteiger partial charge in [-0.3, -0.25) is 9.59 Å². The molecular weight excluding hydrogens is 788 g/mol. The number of alkyl halides is 24. The summed E-state index contributed by atoms with van der Waals surface area (Å²) in [5.74, 6) is -88.0. The molecule has 0 saturated carbocycles. The van der Waals surface area contributed by atoms with E-state index in [1.54, 1.807) is 0 Å². The smallest absolute Gasteiger partial charge is 0.392 e. The van der Waals surface area contributed by atoms with Crippen molar-refractivity contribution in [2.75, 3.05) is 6.54 Å². The molecule has 1 unspecified atom stereocenters. The van der Waals surface area contributed by atoms with Crippen molar-refractivity contribution in [2.24, 2.45) is 0 Å². The molecule has 0 rings (SSSR count). The van der Waals surface area contributed by atoms with Crippen LogP contribution in [0, 0.1) is 0 Å². The number of amides is 2. The van der Waals surface area contributed by atoms with Crippen molar-refractivity contribution >= 4 is 17.8 Å². The fourth-order valence-electron chi connectivity index (χ4n) is 3.06. The van der Waals surface area contributed by atoms with Gasteiger partial charge in [0.2, 0.25) is 0 Å². The lowest BCUT2D eigenvalue weighted by Crippen LogP contribution is -2.71. The highest BCUT2D eigenvalue weighted by molar-refractivity contribution is 5.89. The number of carbonyl (C=O) groups excluding carboxylic acids is 2. The SMILES string of the molecule is O=C(O)C(CCCCNC(=O)C(F)(F)C(F)(F)C(F)(F)C(F)(F)C(F)(F)C(F)F)NC(=O)C(F)(F)C(F)(F)C(F)(F)C(F)(F)C(F)(F)C(F)F. The number of carbonyl (C=O) groups is 3. The van der Waals surface area contributed by atoms with Gasteiger partial charge in [-0.05, 0) is 19.3 Å². The summed E-state index contributed by atoms with van der Waals surface area (Å²) in [4.78, 5) is 33.9. The second-order valence-corrected chi connectivity index (χ2v) is 9.56. The van der Waals surface area contributed by atoms with Crippen LogP contribution in [0.2, 0.25) is 0 Å². The van der Waals surface area contributed by atoms with Crippen LogP contribution in [-0.2, 0) is 14.4 Å². The summed E-state index contributed by atoms with van der Waals surface area (Å²) in [6, 6.07) is -3.10. The van der Waals surface area contributed by atoms with Gasteiger partial charge in [-0.25, -0.2) is 22.4 Å². The van der Waals surface area contributed by atoms with Crippen molar-refractivity contribution in [2.45, 2.75) is 97.4 Å². The van der Waals surface area contributed by atoms with E-state index in [1.165, 1.54) is 0 Å². The summed E-state index contributed by atoms with van der Waals surface area (Å²) in [6.07, 6.45) is -15.7. The molecule has 0 bridgehead atoms. The van der Waals surface area contributed by atoms with E-state index < -0.39 is 122 Å². The number of rotatable bonds is 19. The van der Waals surface area contributed by atoms with Crippen molar-refractivity contribution in [1.29, 1.82) is 0 Å². The van der Waals surface area contributed by atoms with E-state index in [0.717, 1.165) is 0 Å². The van der Waals surface area contributed by atoms with Gasteiger partial charge in [-0.1, -0.05) is 0 Å². The quantitative estimate of drug-likeness (QED) is 0.0999.